The second kappa shape index (κ2) is 6.48. The summed E-state index contributed by atoms with van der Waals surface area (Å²) >= 11 is 0. The van der Waals surface area contributed by atoms with Crippen LogP contribution in [0.2, 0.25) is 0 Å². The molecule has 3 amide bonds. The van der Waals surface area contributed by atoms with E-state index in [1.54, 1.807) is 24.3 Å². The highest BCUT2D eigenvalue weighted by Gasteiger charge is 2.41. The molecule has 0 spiro atoms. The van der Waals surface area contributed by atoms with Crippen molar-refractivity contribution in [3.05, 3.63) is 35.4 Å². The number of amides is 3. The molecule has 0 saturated carbocycles. The first-order valence-electron chi connectivity index (χ1n) is 8.10. The topological polar surface area (TPSA) is 87.2 Å². The molecular formula is C18H24N2O5. The van der Waals surface area contributed by atoms with E-state index in [-0.39, 0.29) is 29.7 Å². The van der Waals surface area contributed by atoms with E-state index in [0.29, 0.717) is 5.06 Å². The molecule has 1 aliphatic heterocycles. The quantitative estimate of drug-likeness (QED) is 0.827. The summed E-state index contributed by atoms with van der Waals surface area (Å²) in [6.45, 7) is 9.46. The molecule has 1 aromatic rings. The molecular weight excluding hydrogens is 324 g/mol. The van der Waals surface area contributed by atoms with Gasteiger partial charge in [-0.1, -0.05) is 32.9 Å². The van der Waals surface area contributed by atoms with Crippen LogP contribution in [-0.4, -0.2) is 51.7 Å². The number of hydrogen-bond acceptors (Lipinski definition) is 4. The third kappa shape index (κ3) is 3.37. The molecule has 0 atom stereocenters. The average Bonchev–Trinajstić information content (AvgIpc) is 2.74. The highest BCUT2D eigenvalue weighted by Crippen LogP contribution is 2.35. The molecule has 0 bridgehead atoms. The molecule has 1 aromatic carbocycles. The Balaban J connectivity index is 2.06. The van der Waals surface area contributed by atoms with Crippen LogP contribution in [0.3, 0.4) is 0 Å². The van der Waals surface area contributed by atoms with Crippen LogP contribution in [0.25, 0.3) is 0 Å². The fraction of sp³-hybridized carbons (Fsp3) is 0.500. The lowest BCUT2D eigenvalue weighted by Gasteiger charge is -2.46. The van der Waals surface area contributed by atoms with Gasteiger partial charge in [-0.2, -0.15) is 0 Å². The Bertz CT molecular complexity index is 671. The van der Waals surface area contributed by atoms with E-state index in [1.165, 1.54) is 4.90 Å². The number of benzene rings is 1. The summed E-state index contributed by atoms with van der Waals surface area (Å²) in [4.78, 5) is 42.7. The second-order valence-corrected chi connectivity index (χ2v) is 7.53. The normalized spacial score (nSPS) is 14.7. The zero-order valence-electron chi connectivity index (χ0n) is 15.2. The number of fused-ring (bicyclic) bond motifs is 1. The third-order valence-corrected chi connectivity index (χ3v) is 5.03. The molecule has 136 valence electrons. The van der Waals surface area contributed by atoms with Crippen molar-refractivity contribution in [1.29, 1.82) is 0 Å². The van der Waals surface area contributed by atoms with Gasteiger partial charge >= 0.3 is 6.09 Å². The van der Waals surface area contributed by atoms with E-state index >= 15 is 0 Å². The number of carbonyl (C=O) groups is 3. The fourth-order valence-electron chi connectivity index (χ4n) is 2.53. The van der Waals surface area contributed by atoms with Crippen molar-refractivity contribution in [2.75, 3.05) is 13.2 Å². The molecule has 1 N–H and O–H groups in total. The Morgan fingerprint density at radius 2 is 1.56 bits per heavy atom. The highest BCUT2D eigenvalue weighted by molar-refractivity contribution is 6.20. The van der Waals surface area contributed by atoms with Crippen molar-refractivity contribution in [2.24, 2.45) is 5.41 Å². The summed E-state index contributed by atoms with van der Waals surface area (Å²) in [5.41, 5.74) is -0.388. The number of hydroxylamine groups is 2. The molecule has 0 aliphatic carbocycles. The van der Waals surface area contributed by atoms with Crippen LogP contribution in [0.1, 0.15) is 55.3 Å². The monoisotopic (exact) mass is 348 g/mol. The van der Waals surface area contributed by atoms with Crippen LogP contribution in [0, 0.1) is 5.41 Å². The minimum Gasteiger partial charge on any atom is -0.465 e. The summed E-state index contributed by atoms with van der Waals surface area (Å²) in [5, 5.41) is 10.2. The van der Waals surface area contributed by atoms with Gasteiger partial charge in [0, 0.05) is 5.54 Å². The van der Waals surface area contributed by atoms with Crippen LogP contribution < -0.4 is 0 Å². The molecule has 0 saturated heterocycles. The summed E-state index contributed by atoms with van der Waals surface area (Å²) in [6.07, 6.45) is -1.08. The Labute approximate surface area is 147 Å². The highest BCUT2D eigenvalue weighted by atomic mass is 16.7. The Morgan fingerprint density at radius 1 is 1.08 bits per heavy atom. The van der Waals surface area contributed by atoms with Crippen molar-refractivity contribution < 1.29 is 24.3 Å². The summed E-state index contributed by atoms with van der Waals surface area (Å²) < 4.78 is 0. The van der Waals surface area contributed by atoms with Gasteiger partial charge < -0.3 is 10.0 Å². The first kappa shape index (κ1) is 18.9. The number of nitrogens with zero attached hydrogens (tertiary/aromatic N) is 2. The smallest absolute Gasteiger partial charge is 0.407 e. The van der Waals surface area contributed by atoms with E-state index in [4.69, 9.17) is 4.84 Å². The third-order valence-electron chi connectivity index (χ3n) is 5.03. The number of carbonyl (C=O) groups excluding carboxylic acids is 2. The largest absolute Gasteiger partial charge is 0.465 e. The molecule has 7 nitrogen and oxygen atoms in total. The lowest BCUT2D eigenvalue weighted by atomic mass is 9.75. The molecule has 0 radical (unpaired) electrons. The SMILES string of the molecule is CC(C)(C)C(C)(C)N(CCON1C(=O)c2ccccc2C1=O)C(=O)O. The second-order valence-electron chi connectivity index (χ2n) is 7.53. The maximum Gasteiger partial charge on any atom is 0.407 e. The standard InChI is InChI=1S/C18H24N2O5/c1-17(2,3)18(4,5)19(16(23)24)10-11-25-20-14(21)12-8-6-7-9-13(12)15(20)22/h6-9H,10-11H2,1-5H3,(H,23,24). The van der Waals surface area contributed by atoms with Gasteiger partial charge in [0.05, 0.1) is 24.3 Å². The van der Waals surface area contributed by atoms with Crippen LogP contribution in [-0.2, 0) is 4.84 Å². The van der Waals surface area contributed by atoms with Gasteiger partial charge in [0.2, 0.25) is 0 Å². The molecule has 1 heterocycles. The van der Waals surface area contributed by atoms with E-state index in [0.717, 1.165) is 0 Å². The Hall–Kier alpha value is -2.41. The van der Waals surface area contributed by atoms with Gasteiger partial charge in [0.25, 0.3) is 11.8 Å². The molecule has 1 aliphatic rings. The number of imide groups is 1. The average molecular weight is 348 g/mol. The molecule has 7 heteroatoms. The summed E-state index contributed by atoms with van der Waals surface area (Å²) in [6, 6.07) is 6.47. The van der Waals surface area contributed by atoms with Crippen LogP contribution in [0.4, 0.5) is 4.79 Å². The molecule has 2 rings (SSSR count). The maximum absolute atomic E-state index is 12.2. The van der Waals surface area contributed by atoms with Crippen LogP contribution in [0.15, 0.2) is 24.3 Å². The lowest BCUT2D eigenvalue weighted by molar-refractivity contribution is -0.101. The predicted octanol–water partition coefficient (Wildman–Crippen LogP) is 3.02. The lowest BCUT2D eigenvalue weighted by Crippen LogP contribution is -2.56. The van der Waals surface area contributed by atoms with Gasteiger partial charge in [0.15, 0.2) is 0 Å². The van der Waals surface area contributed by atoms with Crippen molar-refractivity contribution in [2.45, 2.75) is 40.2 Å². The molecule has 0 unspecified atom stereocenters. The van der Waals surface area contributed by atoms with Crippen molar-refractivity contribution in [1.82, 2.24) is 9.96 Å². The van der Waals surface area contributed by atoms with Gasteiger partial charge in [-0.05, 0) is 31.4 Å². The maximum atomic E-state index is 12.2. The van der Waals surface area contributed by atoms with Gasteiger partial charge in [0.1, 0.15) is 0 Å². The van der Waals surface area contributed by atoms with E-state index in [2.05, 4.69) is 0 Å². The number of rotatable bonds is 5. The Morgan fingerprint density at radius 3 is 1.96 bits per heavy atom. The molecule has 25 heavy (non-hydrogen) atoms. The van der Waals surface area contributed by atoms with E-state index < -0.39 is 23.4 Å². The first-order valence-corrected chi connectivity index (χ1v) is 8.10. The fourth-order valence-corrected chi connectivity index (χ4v) is 2.53. The van der Waals surface area contributed by atoms with Gasteiger partial charge in [-0.3, -0.25) is 14.4 Å². The van der Waals surface area contributed by atoms with Crippen LogP contribution in [0.5, 0.6) is 0 Å². The van der Waals surface area contributed by atoms with Crippen molar-refractivity contribution in [3.63, 3.8) is 0 Å². The summed E-state index contributed by atoms with van der Waals surface area (Å²) in [5.74, 6) is -1.06. The van der Waals surface area contributed by atoms with E-state index in [1.807, 2.05) is 34.6 Å². The van der Waals surface area contributed by atoms with Crippen LogP contribution >= 0.6 is 0 Å². The zero-order valence-corrected chi connectivity index (χ0v) is 15.2. The molecule has 0 fully saturated rings. The minimum atomic E-state index is -1.08. The van der Waals surface area contributed by atoms with E-state index in [9.17, 15) is 19.5 Å². The minimum absolute atomic E-state index is 0.0347. The van der Waals surface area contributed by atoms with Crippen molar-refractivity contribution >= 4 is 17.9 Å². The zero-order chi connectivity index (χ0) is 19.0. The first-order chi connectivity index (χ1) is 11.5. The number of carboxylic acid groups (broad SMARTS) is 1. The predicted molar refractivity (Wildman–Crippen MR) is 91.2 cm³/mol. The van der Waals surface area contributed by atoms with Crippen molar-refractivity contribution in [3.8, 4) is 0 Å². The molecule has 0 aromatic heterocycles. The summed E-state index contributed by atoms with van der Waals surface area (Å²) in [7, 11) is 0. The van der Waals surface area contributed by atoms with Gasteiger partial charge in [-0.25, -0.2) is 4.79 Å². The van der Waals surface area contributed by atoms with Gasteiger partial charge in [-0.15, -0.1) is 5.06 Å². The Kier molecular flexibility index (Phi) is 4.90. The number of hydrogen-bond donors (Lipinski definition) is 1.